The zero-order chi connectivity index (χ0) is 91.8. The molecule has 5 aliphatic rings. The van der Waals surface area contributed by atoms with Crippen molar-refractivity contribution in [2.45, 2.75) is 237 Å². The zero-order valence-corrected chi connectivity index (χ0v) is 78.7. The molecular weight excluding hydrogens is 1830 g/mol. The van der Waals surface area contributed by atoms with Crippen molar-refractivity contribution in [3.63, 3.8) is 0 Å². The van der Waals surface area contributed by atoms with E-state index in [0.717, 1.165) is 34.0 Å². The third kappa shape index (κ3) is 32.6. The number of carboxylic acid groups (broad SMARTS) is 3. The molecular formula is C85H110BrCl4FMgN10O23S. The summed E-state index contributed by atoms with van der Waals surface area (Å²) < 4.78 is 53.5. The smallest absolute Gasteiger partial charge is 1.00 e. The Labute approximate surface area is 781 Å². The minimum absolute atomic E-state index is 0. The van der Waals surface area contributed by atoms with Gasteiger partial charge in [0.1, 0.15) is 63.6 Å². The van der Waals surface area contributed by atoms with Gasteiger partial charge in [-0.2, -0.15) is 41.7 Å². The molecule has 11 rings (SSSR count). The molecule has 4 aliphatic heterocycles. The fourth-order valence-electron chi connectivity index (χ4n) is 12.7. The van der Waals surface area contributed by atoms with Crippen molar-refractivity contribution in [2.24, 2.45) is 5.92 Å². The molecule has 1 aliphatic carbocycles. The number of benzene rings is 5. The van der Waals surface area contributed by atoms with Crippen LogP contribution in [-0.4, -0.2) is 227 Å². The fraction of sp³-hybridized carbons (Fsp3) is 0.494. The van der Waals surface area contributed by atoms with E-state index in [1.54, 1.807) is 162 Å². The van der Waals surface area contributed by atoms with Gasteiger partial charge in [0.05, 0.1) is 70.9 Å². The van der Waals surface area contributed by atoms with E-state index in [1.165, 1.54) is 17.0 Å². The minimum atomic E-state index is -1.58. The molecule has 0 radical (unpaired) electrons. The van der Waals surface area contributed by atoms with Crippen LogP contribution >= 0.6 is 47.7 Å². The first-order valence-corrected chi connectivity index (χ1v) is 40.7. The van der Waals surface area contributed by atoms with Gasteiger partial charge in [-0.05, 0) is 169 Å². The summed E-state index contributed by atoms with van der Waals surface area (Å²) in [6.07, 6.45) is -0.566. The van der Waals surface area contributed by atoms with E-state index in [2.05, 4.69) is 22.2 Å². The number of aliphatic hydroxyl groups excluding tert-OH is 1. The molecule has 688 valence electrons. The maximum Gasteiger partial charge on any atom is 2.00 e. The van der Waals surface area contributed by atoms with Gasteiger partial charge in [0.2, 0.25) is 5.91 Å². The van der Waals surface area contributed by atoms with Gasteiger partial charge in [0.25, 0.3) is 0 Å². The van der Waals surface area contributed by atoms with Gasteiger partial charge >= 0.3 is 82.4 Å². The Morgan fingerprint density at radius 3 is 1.37 bits per heavy atom. The minimum Gasteiger partial charge on any atom is -1.00 e. The molecule has 5 heterocycles. The number of carbonyl (C=O) groups excluding carboxylic acids is 6. The van der Waals surface area contributed by atoms with Crippen molar-refractivity contribution in [3.8, 4) is 6.07 Å². The summed E-state index contributed by atoms with van der Waals surface area (Å²) in [4.78, 5) is 144. The number of nitrogens with one attached hydrogen (secondary N) is 2. The number of aromatic nitrogens is 3. The third-order valence-electron chi connectivity index (χ3n) is 18.7. The monoisotopic (exact) mass is 1930 g/mol. The number of anilines is 1. The normalized spacial score (nSPS) is 20.1. The summed E-state index contributed by atoms with van der Waals surface area (Å²) in [6.45, 7) is 25.5. The predicted octanol–water partition coefficient (Wildman–Crippen LogP) is 8.42. The maximum absolute atomic E-state index is 15.7. The molecule has 33 nitrogen and oxygen atoms in total. The number of nitriles is 1. The first kappa shape index (κ1) is 113. The largest absolute Gasteiger partial charge is 2.00 e. The number of hydrogen-bond donors (Lipinski definition) is 8. The summed E-state index contributed by atoms with van der Waals surface area (Å²) in [5.41, 5.74) is -7.84. The molecule has 0 bridgehead atoms. The van der Waals surface area contributed by atoms with Crippen molar-refractivity contribution >= 4 is 141 Å². The van der Waals surface area contributed by atoms with E-state index in [-0.39, 0.29) is 135 Å². The Morgan fingerprint density at radius 1 is 0.571 bits per heavy atom. The number of nitrogens with zero attached hydrogens (tertiary/aromatic N) is 8. The van der Waals surface area contributed by atoms with Crippen LogP contribution in [0.2, 0.25) is 0 Å². The molecule has 1 saturated carbocycles. The number of hydrogen-bond acceptors (Lipinski definition) is 21. The number of β-amino-alcohol motifs (C(OH)–C–C–N with tert-alkyl or cyclic N) is 3. The van der Waals surface area contributed by atoms with Gasteiger partial charge in [-0.1, -0.05) is 99.1 Å². The molecule has 4 saturated heterocycles. The molecule has 9 atom stereocenters. The number of rotatable bonds is 14. The molecule has 5 fully saturated rings. The van der Waals surface area contributed by atoms with Crippen LogP contribution in [-0.2, 0) is 70.6 Å². The number of halogens is 6. The van der Waals surface area contributed by atoms with Crippen LogP contribution in [0.25, 0.3) is 0 Å². The van der Waals surface area contributed by atoms with Crippen LogP contribution in [0.4, 0.5) is 29.3 Å². The number of likely N-dealkylation sites (tertiary alicyclic amines) is 4. The van der Waals surface area contributed by atoms with Crippen LogP contribution in [0, 0.1) is 29.1 Å². The second kappa shape index (κ2) is 47.3. The molecule has 5 aromatic carbocycles. The average molecular weight is 1940 g/mol. The number of aliphatic hydroxyl groups is 3. The first-order valence-electron chi connectivity index (χ1n) is 38.6. The van der Waals surface area contributed by atoms with Crippen molar-refractivity contribution in [1.82, 2.24) is 36.6 Å². The van der Waals surface area contributed by atoms with Crippen LogP contribution in [0.3, 0.4) is 0 Å². The van der Waals surface area contributed by atoms with Gasteiger partial charge < -0.3 is 71.9 Å². The van der Waals surface area contributed by atoms with E-state index >= 15 is 4.39 Å². The van der Waals surface area contributed by atoms with Gasteiger partial charge in [0, 0.05) is 61.0 Å². The van der Waals surface area contributed by atoms with Gasteiger partial charge in [-0.25, -0.2) is 61.3 Å². The van der Waals surface area contributed by atoms with Crippen molar-refractivity contribution < 1.29 is 118 Å². The molecule has 0 spiro atoms. The van der Waals surface area contributed by atoms with Crippen molar-refractivity contribution in [3.05, 3.63) is 205 Å². The van der Waals surface area contributed by atoms with E-state index in [9.17, 15) is 87.4 Å². The van der Waals surface area contributed by atoms with Gasteiger partial charge in [-0.3, -0.25) is 29.2 Å². The molecule has 126 heavy (non-hydrogen) atoms. The second-order valence-corrected chi connectivity index (χ2v) is 37.4. The second-order valence-electron chi connectivity index (χ2n) is 34.4. The van der Waals surface area contributed by atoms with Gasteiger partial charge in [0.15, 0.2) is 5.78 Å². The molecule has 8 N–H and O–H groups in total. The van der Waals surface area contributed by atoms with E-state index in [4.69, 9.17) is 64.5 Å². The number of carboxylic acids is 3. The van der Waals surface area contributed by atoms with E-state index < -0.39 is 156 Å². The zero-order valence-electron chi connectivity index (χ0n) is 71.8. The Morgan fingerprint density at radius 2 is 0.976 bits per heavy atom. The molecule has 6 aromatic rings. The van der Waals surface area contributed by atoms with Crippen LogP contribution in [0.5, 0.6) is 0 Å². The van der Waals surface area contributed by atoms with E-state index in [0.29, 0.717) is 40.2 Å². The fourth-order valence-corrected chi connectivity index (χ4v) is 14.2. The number of amides is 5. The Hall–Kier alpha value is -9.04. The van der Waals surface area contributed by atoms with Gasteiger partial charge in [-0.15, -0.1) is 24.7 Å². The Bertz CT molecular complexity index is 4880. The van der Waals surface area contributed by atoms with Crippen LogP contribution in [0.15, 0.2) is 148 Å². The first-order chi connectivity index (χ1) is 56.4. The van der Waals surface area contributed by atoms with Crippen LogP contribution in [0.1, 0.15) is 190 Å². The number of ether oxygens (including phenoxy) is 4. The average Bonchev–Trinajstić information content (AvgIpc) is 1.23. The Kier molecular flexibility index (Phi) is 42.4. The van der Waals surface area contributed by atoms with Crippen molar-refractivity contribution in [1.29, 1.82) is 5.26 Å². The summed E-state index contributed by atoms with van der Waals surface area (Å²) in [5, 5.41) is 71.4. The number of carbonyl (C=O) groups is 9. The quantitative estimate of drug-likeness (QED) is 0.0288. The Balaban J connectivity index is 0.000000583. The van der Waals surface area contributed by atoms with Crippen molar-refractivity contribution in [2.75, 3.05) is 31.5 Å². The molecule has 1 aromatic heterocycles. The molecule has 5 amide bonds. The summed E-state index contributed by atoms with van der Waals surface area (Å²) in [7, 11) is -1.58. The number of aliphatic carboxylic acids is 3. The predicted molar refractivity (Wildman–Crippen MR) is 468 cm³/mol. The SMILES string of the molecule is C.CC(C)(C)OC(=O)N1CC(=O)C[C@@H]1C(=O)O.CC(C)(C)OC(=O)N1C[C@@](O)(c2ccccc2)C[C@@H]1C(=O)Nc1cc(C(CCC2CC2)(N[S@](=O)C(C)(C)C)c2cccc(C#N)c2)ccc1F.CC(C)(C)OC(=O)N1C[C@@](O)(c2ccccc2)C[C@@H]1C(=O)O.CC(C)(C)OC(=O)N1C[C@H](O)C[C@@H]1C(=O)O.Cl.O=c1n(Cl)c(=O)n(Cl)c(=O)n1Cl.[Br-].[Mg+2].[c-]1ccccc1. The number of ketones is 1. The van der Waals surface area contributed by atoms with E-state index in [1.807, 2.05) is 63.2 Å². The summed E-state index contributed by atoms with van der Waals surface area (Å²) in [6, 6.07) is 39.4. The maximum atomic E-state index is 15.7. The summed E-state index contributed by atoms with van der Waals surface area (Å²) >= 11 is 15.3. The molecule has 41 heteroatoms. The standard InChI is InChI=1S/C39H47FN4O5S.C16H21NO5.C10H17NO5.C10H15NO5.C6H5.C3Cl3N3O3.CH4.BrH.ClH.Mg/c1-36(2,3)49-35(46)44-25-38(47,28-12-8-7-9-13-28)23-33(44)34(45)42-32-22-30(17-18-31(32)40)39(20-19-26-15-16-26,43-50(48)37(4,5)6)29-14-10-11-27(21-29)24-41;1-15(2,3)22-14(20)17-10-16(21,9-12(17)13(18)19)11-7-5-4-6-8-11;2*1-10(2,3)16-9(15)11-5-6(12)4-7(11)8(13)14;1-2-4-6-5-3-1;4-7-1(10)8(5)3(12)9(6)2(7)11;;;;/h7-14,17-18,21-22,26,33,43,47H,15-16,19-20,23,25H2,1-6H3,(H,42,45);4-8,12,21H,9-10H2,1-3H3,(H,18,19);6-7,12H,4-5H2,1-3H3,(H,13,14);7H,4-5H2,1-3H3,(H,13,14);1-5H;;1H4;2*1H;/q;;;;-1;;;;;+2/p-1/t33-,38-,39?,50-;12-,16-;6-,7-;7-;;;;;;/m1111....../s1. The number of Topliss-reactive ketones (excluding diaryl/α,β-unsaturated/α-hetero) is 1. The topological polar surface area (TPSA) is 456 Å². The third-order valence-corrected chi connectivity index (χ3v) is 21.2. The summed E-state index contributed by atoms with van der Waals surface area (Å²) in [5.74, 6) is -4.63. The van der Waals surface area contributed by atoms with Crippen LogP contribution < -0.4 is 44.1 Å². The molecule has 1 unspecified atom stereocenters.